The number of nitrogens with one attached hydrogen (secondary N) is 2. The van der Waals surface area contributed by atoms with Gasteiger partial charge in [0.25, 0.3) is 10.0 Å². The smallest absolute Gasteiger partial charge is 0.264 e. The van der Waals surface area contributed by atoms with E-state index in [-0.39, 0.29) is 36.5 Å². The van der Waals surface area contributed by atoms with E-state index in [2.05, 4.69) is 25.0 Å². The average molecular weight is 597 g/mol. The minimum Gasteiger partial charge on any atom is -0.456 e. The van der Waals surface area contributed by atoms with Crippen LogP contribution in [0.4, 0.5) is 20.4 Å². The number of nitrogens with two attached hydrogens (primary N) is 1. The van der Waals surface area contributed by atoms with Crippen LogP contribution < -0.4 is 20.5 Å². The summed E-state index contributed by atoms with van der Waals surface area (Å²) in [6.07, 6.45) is 8.61. The molecule has 5 N–H and O–H groups in total. The molecule has 220 valence electrons. The predicted molar refractivity (Wildman–Crippen MR) is 154 cm³/mol. The fourth-order valence-corrected chi connectivity index (χ4v) is 5.83. The highest BCUT2D eigenvalue weighted by Crippen LogP contribution is 2.34. The fourth-order valence-electron chi connectivity index (χ4n) is 4.70. The molecular weight excluding hydrogens is 566 g/mol. The molecule has 5 rings (SSSR count). The Morgan fingerprint density at radius 1 is 1.00 bits per heavy atom. The number of hydrogen-bond donors (Lipinski definition) is 4. The van der Waals surface area contributed by atoms with Crippen molar-refractivity contribution in [3.05, 3.63) is 84.3 Å². The van der Waals surface area contributed by atoms with Crippen LogP contribution in [-0.2, 0) is 16.4 Å². The van der Waals surface area contributed by atoms with Gasteiger partial charge in [-0.2, -0.15) is 0 Å². The number of benzene rings is 2. The van der Waals surface area contributed by atoms with Crippen molar-refractivity contribution < 1.29 is 27.0 Å². The number of nitrogens with zero attached hydrogens (tertiary/aromatic N) is 3. The minimum absolute atomic E-state index is 0.0911. The van der Waals surface area contributed by atoms with E-state index in [0.29, 0.717) is 28.5 Å². The molecule has 2 heterocycles. The van der Waals surface area contributed by atoms with Crippen LogP contribution in [0.5, 0.6) is 11.5 Å². The molecule has 0 saturated heterocycles. The van der Waals surface area contributed by atoms with Crippen molar-refractivity contribution in [2.24, 2.45) is 5.73 Å². The zero-order valence-electron chi connectivity index (χ0n) is 22.5. The fraction of sp³-hybridized carbons (Fsp3) is 0.276. The lowest BCUT2D eigenvalue weighted by atomic mass is 9.92. The Hall–Kier alpha value is -4.20. The van der Waals surface area contributed by atoms with Crippen molar-refractivity contribution in [1.82, 2.24) is 15.0 Å². The highest BCUT2D eigenvalue weighted by atomic mass is 32.2. The number of aliphatic hydroxyl groups excluding tert-OH is 1. The molecule has 2 aromatic carbocycles. The number of pyridine rings is 1. The lowest BCUT2D eigenvalue weighted by molar-refractivity contribution is 0.299. The average Bonchev–Trinajstić information content (AvgIpc) is 2.96. The van der Waals surface area contributed by atoms with Crippen LogP contribution in [0, 0.1) is 11.6 Å². The largest absolute Gasteiger partial charge is 0.456 e. The zero-order chi connectivity index (χ0) is 29.7. The van der Waals surface area contributed by atoms with Gasteiger partial charge in [0, 0.05) is 43.3 Å². The first kappa shape index (κ1) is 29.3. The molecule has 0 amide bonds. The Bertz CT molecular complexity index is 1670. The highest BCUT2D eigenvalue weighted by Gasteiger charge is 2.22. The summed E-state index contributed by atoms with van der Waals surface area (Å²) in [6, 6.07) is 10.8. The Morgan fingerprint density at radius 2 is 1.81 bits per heavy atom. The van der Waals surface area contributed by atoms with Crippen molar-refractivity contribution in [3.63, 3.8) is 0 Å². The molecule has 0 bridgehead atoms. The predicted octanol–water partition coefficient (Wildman–Crippen LogP) is 4.63. The van der Waals surface area contributed by atoms with Crippen LogP contribution in [0.15, 0.2) is 72.0 Å². The number of hydrogen-bond acceptors (Lipinski definition) is 9. The van der Waals surface area contributed by atoms with E-state index in [9.17, 15) is 12.8 Å². The quantitative estimate of drug-likeness (QED) is 0.205. The van der Waals surface area contributed by atoms with Crippen LogP contribution in [0.25, 0.3) is 11.3 Å². The maximum absolute atomic E-state index is 15.0. The second-order valence-corrected chi connectivity index (χ2v) is 11.6. The molecule has 0 spiro atoms. The van der Waals surface area contributed by atoms with Crippen molar-refractivity contribution >= 4 is 21.7 Å². The first-order valence-corrected chi connectivity index (χ1v) is 14.9. The van der Waals surface area contributed by atoms with E-state index < -0.39 is 26.6 Å². The molecule has 0 unspecified atom stereocenters. The first-order chi connectivity index (χ1) is 20.2. The van der Waals surface area contributed by atoms with Crippen LogP contribution in [-0.4, -0.2) is 47.2 Å². The molecule has 1 fully saturated rings. The van der Waals surface area contributed by atoms with Crippen molar-refractivity contribution in [2.45, 2.75) is 49.1 Å². The van der Waals surface area contributed by atoms with Crippen molar-refractivity contribution in [3.8, 4) is 22.8 Å². The molecule has 10 nitrogen and oxygen atoms in total. The van der Waals surface area contributed by atoms with Crippen LogP contribution >= 0.6 is 0 Å². The van der Waals surface area contributed by atoms with Gasteiger partial charge in [0.2, 0.25) is 5.95 Å². The van der Waals surface area contributed by atoms with Gasteiger partial charge in [-0.3, -0.25) is 9.71 Å². The highest BCUT2D eigenvalue weighted by molar-refractivity contribution is 7.92. The normalized spacial score (nSPS) is 17.0. The molecule has 0 atom stereocenters. The van der Waals surface area contributed by atoms with Crippen LogP contribution in [0.2, 0.25) is 0 Å². The van der Waals surface area contributed by atoms with Gasteiger partial charge >= 0.3 is 0 Å². The SMILES string of the molecule is NC1CCC(Nc2nccc(-c3cnccc3Oc3ccc(NS(=O)(=O)c4ccc(CCO)cc4F)c(F)c3)n2)CC1. The molecule has 1 aliphatic carbocycles. The second-order valence-electron chi connectivity index (χ2n) is 9.98. The minimum atomic E-state index is -4.43. The van der Waals surface area contributed by atoms with E-state index in [1.165, 1.54) is 24.4 Å². The summed E-state index contributed by atoms with van der Waals surface area (Å²) < 4.78 is 63.0. The van der Waals surface area contributed by atoms with Gasteiger partial charge in [-0.1, -0.05) is 6.07 Å². The number of anilines is 2. The van der Waals surface area contributed by atoms with E-state index >= 15 is 4.39 Å². The van der Waals surface area contributed by atoms with Gasteiger partial charge < -0.3 is 20.9 Å². The van der Waals surface area contributed by atoms with Crippen molar-refractivity contribution in [1.29, 1.82) is 0 Å². The van der Waals surface area contributed by atoms with Crippen LogP contribution in [0.1, 0.15) is 31.2 Å². The Kier molecular flexibility index (Phi) is 8.90. The maximum Gasteiger partial charge on any atom is 0.264 e. The Balaban J connectivity index is 1.32. The van der Waals surface area contributed by atoms with Gasteiger partial charge in [0.05, 0.1) is 16.9 Å². The topological polar surface area (TPSA) is 152 Å². The molecule has 13 heteroatoms. The molecule has 42 heavy (non-hydrogen) atoms. The molecular formula is C29H30F2N6O4S. The van der Waals surface area contributed by atoms with E-state index in [1.54, 1.807) is 24.5 Å². The molecule has 2 aromatic heterocycles. The number of rotatable bonds is 10. The molecule has 1 aliphatic rings. The number of ether oxygens (including phenoxy) is 1. The maximum atomic E-state index is 15.0. The van der Waals surface area contributed by atoms with Gasteiger partial charge in [0.1, 0.15) is 22.2 Å². The summed E-state index contributed by atoms with van der Waals surface area (Å²) in [5.41, 5.74) is 7.13. The number of sulfonamides is 1. The third-order valence-corrected chi connectivity index (χ3v) is 8.32. The standard InChI is InChI=1S/C29H30F2N6O4S/c30-23-16-21(6-7-26(23)37-42(39,40)28-8-1-18(11-14-38)15-24(28)31)41-27-10-12-33-17-22(27)25-9-13-34-29(36-25)35-20-4-2-19(32)3-5-20/h1,6-10,12-13,15-17,19-20,37-38H,2-5,11,14,32H2,(H,34,35,36). The summed E-state index contributed by atoms with van der Waals surface area (Å²) in [5.74, 6) is -1.04. The summed E-state index contributed by atoms with van der Waals surface area (Å²) in [7, 11) is -4.43. The monoisotopic (exact) mass is 596 g/mol. The number of halogens is 2. The third-order valence-electron chi connectivity index (χ3n) is 6.92. The van der Waals surface area contributed by atoms with E-state index in [0.717, 1.165) is 43.9 Å². The zero-order valence-corrected chi connectivity index (χ0v) is 23.3. The lowest BCUT2D eigenvalue weighted by Crippen LogP contribution is -2.33. The van der Waals surface area contributed by atoms with Gasteiger partial charge in [-0.05, 0) is 74.1 Å². The second kappa shape index (κ2) is 12.8. The number of aromatic nitrogens is 3. The van der Waals surface area contributed by atoms with Crippen molar-refractivity contribution in [2.75, 3.05) is 16.6 Å². The number of aliphatic hydroxyl groups is 1. The lowest BCUT2D eigenvalue weighted by Gasteiger charge is -2.26. The first-order valence-electron chi connectivity index (χ1n) is 13.4. The Labute approximate surface area is 242 Å². The molecule has 4 aromatic rings. The molecule has 0 radical (unpaired) electrons. The van der Waals surface area contributed by atoms with Crippen LogP contribution in [0.3, 0.4) is 0 Å². The molecule has 1 saturated carbocycles. The van der Waals surface area contributed by atoms with Gasteiger partial charge in [0.15, 0.2) is 5.82 Å². The summed E-state index contributed by atoms with van der Waals surface area (Å²) in [5, 5.41) is 12.4. The van der Waals surface area contributed by atoms with Gasteiger partial charge in [-0.15, -0.1) is 0 Å². The Morgan fingerprint density at radius 3 is 2.55 bits per heavy atom. The van der Waals surface area contributed by atoms with Gasteiger partial charge in [-0.25, -0.2) is 27.2 Å². The summed E-state index contributed by atoms with van der Waals surface area (Å²) in [6.45, 7) is -0.210. The molecule has 0 aliphatic heterocycles. The summed E-state index contributed by atoms with van der Waals surface area (Å²) >= 11 is 0. The van der Waals surface area contributed by atoms with E-state index in [4.69, 9.17) is 15.6 Å². The third kappa shape index (κ3) is 6.98. The summed E-state index contributed by atoms with van der Waals surface area (Å²) in [4.78, 5) is 12.5. The van der Waals surface area contributed by atoms with E-state index in [1.807, 2.05) is 0 Å².